The summed E-state index contributed by atoms with van der Waals surface area (Å²) >= 11 is 0. The molecule has 2 N–H and O–H groups in total. The Bertz CT molecular complexity index is 1030. The van der Waals surface area contributed by atoms with Crippen LogP contribution in [0.15, 0.2) is 28.8 Å². The van der Waals surface area contributed by atoms with Crippen molar-refractivity contribution in [2.75, 3.05) is 20.0 Å². The lowest BCUT2D eigenvalue weighted by Gasteiger charge is -2.13. The van der Waals surface area contributed by atoms with E-state index in [0.29, 0.717) is 28.8 Å². The molecule has 3 rings (SSSR count). The molecule has 0 amide bonds. The van der Waals surface area contributed by atoms with Crippen LogP contribution < -0.4 is 10.5 Å². The highest BCUT2D eigenvalue weighted by Crippen LogP contribution is 2.33. The van der Waals surface area contributed by atoms with Gasteiger partial charge in [-0.05, 0) is 18.2 Å². The molecule has 3 aromatic rings. The van der Waals surface area contributed by atoms with Crippen molar-refractivity contribution in [3.05, 3.63) is 41.5 Å². The Kier molecular flexibility index (Phi) is 4.33. The fourth-order valence-electron chi connectivity index (χ4n) is 2.53. The molecule has 0 saturated carbocycles. The number of anilines is 1. The first-order chi connectivity index (χ1) is 12.5. The van der Waals surface area contributed by atoms with E-state index in [9.17, 15) is 10.1 Å². The van der Waals surface area contributed by atoms with Crippen molar-refractivity contribution >= 4 is 11.7 Å². The number of ether oxygens (including phenoxy) is 2. The van der Waals surface area contributed by atoms with Crippen LogP contribution in [-0.4, -0.2) is 35.0 Å². The first-order valence-electron chi connectivity index (χ1n) is 7.48. The predicted octanol–water partition coefficient (Wildman–Crippen LogP) is 2.08. The number of aromatic nitrogens is 3. The second-order valence-electron chi connectivity index (χ2n) is 5.29. The number of hydrogen-bond donors (Lipinski definition) is 1. The normalized spacial score (nSPS) is 10.4. The minimum Gasteiger partial charge on any atom is -0.495 e. The van der Waals surface area contributed by atoms with Crippen LogP contribution in [-0.2, 0) is 4.74 Å². The second kappa shape index (κ2) is 6.60. The van der Waals surface area contributed by atoms with Gasteiger partial charge >= 0.3 is 5.97 Å². The van der Waals surface area contributed by atoms with Crippen molar-refractivity contribution in [1.82, 2.24) is 14.8 Å². The maximum Gasteiger partial charge on any atom is 0.357 e. The SMILES string of the molecule is COC(=O)c1c(N)c(C#N)cn1-c1cc(-c2nnc(C)o2)ccc1OC. The largest absolute Gasteiger partial charge is 0.495 e. The van der Waals surface area contributed by atoms with E-state index in [4.69, 9.17) is 19.6 Å². The van der Waals surface area contributed by atoms with Crippen LogP contribution in [0.1, 0.15) is 21.9 Å². The summed E-state index contributed by atoms with van der Waals surface area (Å²) in [6, 6.07) is 7.08. The average molecular weight is 353 g/mol. The number of methoxy groups -OCH3 is 2. The zero-order valence-corrected chi connectivity index (χ0v) is 14.3. The van der Waals surface area contributed by atoms with Gasteiger partial charge in [-0.3, -0.25) is 0 Å². The van der Waals surface area contributed by atoms with Crippen LogP contribution >= 0.6 is 0 Å². The van der Waals surface area contributed by atoms with E-state index < -0.39 is 5.97 Å². The zero-order valence-electron chi connectivity index (χ0n) is 14.3. The molecule has 0 fully saturated rings. The molecule has 0 spiro atoms. The Morgan fingerprint density at radius 3 is 2.69 bits per heavy atom. The molecule has 132 valence electrons. The third-order valence-corrected chi connectivity index (χ3v) is 3.75. The van der Waals surface area contributed by atoms with E-state index >= 15 is 0 Å². The molecule has 0 unspecified atom stereocenters. The van der Waals surface area contributed by atoms with E-state index in [1.54, 1.807) is 25.1 Å². The number of carbonyl (C=O) groups excluding carboxylic acids is 1. The molecule has 0 aliphatic carbocycles. The molecule has 0 bridgehead atoms. The average Bonchev–Trinajstić information content (AvgIpc) is 3.23. The third kappa shape index (κ3) is 2.73. The Morgan fingerprint density at radius 2 is 2.12 bits per heavy atom. The van der Waals surface area contributed by atoms with Crippen molar-refractivity contribution in [1.29, 1.82) is 5.26 Å². The van der Waals surface area contributed by atoms with Crippen molar-refractivity contribution in [3.8, 4) is 29.0 Å². The number of nitrogens with zero attached hydrogens (tertiary/aromatic N) is 4. The molecule has 0 atom stereocenters. The summed E-state index contributed by atoms with van der Waals surface area (Å²) < 4.78 is 17.1. The van der Waals surface area contributed by atoms with Gasteiger partial charge in [-0.1, -0.05) is 0 Å². The first-order valence-corrected chi connectivity index (χ1v) is 7.48. The number of nitriles is 1. The van der Waals surface area contributed by atoms with E-state index in [-0.39, 0.29) is 16.9 Å². The molecule has 9 heteroatoms. The van der Waals surface area contributed by atoms with Crippen molar-refractivity contribution in [2.24, 2.45) is 0 Å². The topological polar surface area (TPSA) is 129 Å². The van der Waals surface area contributed by atoms with Gasteiger partial charge in [0.15, 0.2) is 5.69 Å². The smallest absolute Gasteiger partial charge is 0.357 e. The maximum atomic E-state index is 12.2. The maximum absolute atomic E-state index is 12.2. The second-order valence-corrected chi connectivity index (χ2v) is 5.29. The summed E-state index contributed by atoms with van der Waals surface area (Å²) in [5, 5.41) is 17.0. The van der Waals surface area contributed by atoms with Crippen LogP contribution in [0.5, 0.6) is 5.75 Å². The molecule has 2 aromatic heterocycles. The highest BCUT2D eigenvalue weighted by Gasteiger charge is 2.24. The van der Waals surface area contributed by atoms with Crippen LogP contribution in [0.4, 0.5) is 5.69 Å². The minimum absolute atomic E-state index is 0.0282. The van der Waals surface area contributed by atoms with Crippen molar-refractivity contribution < 1.29 is 18.7 Å². The lowest BCUT2D eigenvalue weighted by atomic mass is 10.1. The van der Waals surface area contributed by atoms with Crippen LogP contribution in [0.25, 0.3) is 17.1 Å². The minimum atomic E-state index is -0.676. The first kappa shape index (κ1) is 17.0. The molecular weight excluding hydrogens is 338 g/mol. The van der Waals surface area contributed by atoms with E-state index in [0.717, 1.165) is 0 Å². The highest BCUT2D eigenvalue weighted by atomic mass is 16.5. The molecular formula is C17H15N5O4. The van der Waals surface area contributed by atoms with Gasteiger partial charge in [0.1, 0.15) is 11.8 Å². The van der Waals surface area contributed by atoms with Crippen LogP contribution in [0, 0.1) is 18.3 Å². The summed E-state index contributed by atoms with van der Waals surface area (Å²) in [7, 11) is 2.73. The fourth-order valence-corrected chi connectivity index (χ4v) is 2.53. The van der Waals surface area contributed by atoms with E-state index in [1.165, 1.54) is 25.0 Å². The molecule has 26 heavy (non-hydrogen) atoms. The molecule has 9 nitrogen and oxygen atoms in total. The summed E-state index contributed by atoms with van der Waals surface area (Å²) in [5.74, 6) is 0.510. The quantitative estimate of drug-likeness (QED) is 0.706. The van der Waals surface area contributed by atoms with Gasteiger partial charge in [0.25, 0.3) is 0 Å². The number of benzene rings is 1. The van der Waals surface area contributed by atoms with Crippen LogP contribution in [0.2, 0.25) is 0 Å². The number of carbonyl (C=O) groups is 1. The van der Waals surface area contributed by atoms with Gasteiger partial charge in [0.2, 0.25) is 11.8 Å². The molecule has 1 aromatic carbocycles. The lowest BCUT2D eigenvalue weighted by Crippen LogP contribution is -2.11. The fraction of sp³-hybridized carbons (Fsp3) is 0.176. The summed E-state index contributed by atoms with van der Waals surface area (Å²) in [6.45, 7) is 1.68. The van der Waals surface area contributed by atoms with E-state index in [2.05, 4.69) is 10.2 Å². The van der Waals surface area contributed by atoms with Crippen molar-refractivity contribution in [3.63, 3.8) is 0 Å². The summed E-state index contributed by atoms with van der Waals surface area (Å²) in [6.07, 6.45) is 1.45. The zero-order chi connectivity index (χ0) is 18.8. The number of hydrogen-bond acceptors (Lipinski definition) is 8. The predicted molar refractivity (Wildman–Crippen MR) is 90.8 cm³/mol. The Labute approximate surface area is 148 Å². The number of aryl methyl sites for hydroxylation is 1. The molecule has 0 radical (unpaired) electrons. The third-order valence-electron chi connectivity index (χ3n) is 3.75. The lowest BCUT2D eigenvalue weighted by molar-refractivity contribution is 0.0593. The number of nitrogen functional groups attached to an aromatic ring is 1. The molecule has 0 saturated heterocycles. The number of esters is 1. The van der Waals surface area contributed by atoms with Gasteiger partial charge in [-0.15, -0.1) is 10.2 Å². The molecule has 2 heterocycles. The highest BCUT2D eigenvalue weighted by molar-refractivity contribution is 5.96. The summed E-state index contributed by atoms with van der Waals surface area (Å²) in [5.41, 5.74) is 7.23. The Morgan fingerprint density at radius 1 is 1.35 bits per heavy atom. The van der Waals surface area contributed by atoms with Gasteiger partial charge in [0.05, 0.1) is 31.2 Å². The number of rotatable bonds is 4. The van der Waals surface area contributed by atoms with Crippen molar-refractivity contribution in [2.45, 2.75) is 6.92 Å². The Balaban J connectivity index is 2.26. The van der Waals surface area contributed by atoms with Crippen LogP contribution in [0.3, 0.4) is 0 Å². The molecule has 0 aliphatic rings. The van der Waals surface area contributed by atoms with Gasteiger partial charge in [-0.25, -0.2) is 4.79 Å². The molecule has 0 aliphatic heterocycles. The monoisotopic (exact) mass is 353 g/mol. The number of nitrogens with two attached hydrogens (primary N) is 1. The van der Waals surface area contributed by atoms with E-state index in [1.807, 2.05) is 6.07 Å². The van der Waals surface area contributed by atoms with Gasteiger partial charge in [0, 0.05) is 18.7 Å². The Hall–Kier alpha value is -3.80. The standard InChI is InChI=1S/C17H15N5O4/c1-9-20-21-16(26-9)10-4-5-13(24-2)12(6-10)22-8-11(7-18)14(19)15(22)17(23)25-3/h4-6,8H,19H2,1-3H3. The summed E-state index contributed by atoms with van der Waals surface area (Å²) in [4.78, 5) is 12.2. The van der Waals surface area contributed by atoms with Gasteiger partial charge in [-0.2, -0.15) is 5.26 Å². The van der Waals surface area contributed by atoms with Gasteiger partial charge < -0.3 is 24.2 Å².